The SMILES string of the molecule is O=C(NCCCOCCO)c1cc(Cl)nnc1Cl. The van der Waals surface area contributed by atoms with Gasteiger partial charge in [-0.3, -0.25) is 4.79 Å². The number of carbonyl (C=O) groups excluding carboxylic acids is 1. The van der Waals surface area contributed by atoms with Crippen molar-refractivity contribution in [1.82, 2.24) is 15.5 Å². The number of halogens is 2. The highest BCUT2D eigenvalue weighted by atomic mass is 35.5. The largest absolute Gasteiger partial charge is 0.394 e. The average Bonchev–Trinajstić information content (AvgIpc) is 2.36. The van der Waals surface area contributed by atoms with E-state index < -0.39 is 0 Å². The highest BCUT2D eigenvalue weighted by molar-refractivity contribution is 6.34. The molecule has 0 aliphatic rings. The fraction of sp³-hybridized carbons (Fsp3) is 0.500. The Morgan fingerprint density at radius 2 is 2.17 bits per heavy atom. The smallest absolute Gasteiger partial charge is 0.254 e. The number of carbonyl (C=O) groups is 1. The molecule has 0 unspecified atom stereocenters. The van der Waals surface area contributed by atoms with Crippen LogP contribution >= 0.6 is 23.2 Å². The van der Waals surface area contributed by atoms with Gasteiger partial charge in [0.1, 0.15) is 0 Å². The maximum Gasteiger partial charge on any atom is 0.254 e. The predicted molar refractivity (Wildman–Crippen MR) is 66.9 cm³/mol. The van der Waals surface area contributed by atoms with Gasteiger partial charge in [-0.1, -0.05) is 23.2 Å². The molecule has 1 aromatic heterocycles. The first-order chi connectivity index (χ1) is 8.65. The molecule has 18 heavy (non-hydrogen) atoms. The molecule has 0 saturated carbocycles. The van der Waals surface area contributed by atoms with Crippen LogP contribution in [0.2, 0.25) is 10.3 Å². The van der Waals surface area contributed by atoms with Crippen LogP contribution in [0.15, 0.2) is 6.07 Å². The van der Waals surface area contributed by atoms with Crippen LogP contribution in [0.1, 0.15) is 16.8 Å². The molecule has 2 N–H and O–H groups in total. The number of aromatic nitrogens is 2. The molecule has 0 aliphatic heterocycles. The molecular weight excluding hydrogens is 281 g/mol. The normalized spacial score (nSPS) is 10.4. The number of hydrogen-bond donors (Lipinski definition) is 2. The summed E-state index contributed by atoms with van der Waals surface area (Å²) in [4.78, 5) is 11.7. The monoisotopic (exact) mass is 293 g/mol. The van der Waals surface area contributed by atoms with Gasteiger partial charge in [-0.15, -0.1) is 10.2 Å². The molecule has 0 aromatic carbocycles. The molecular formula is C10H13Cl2N3O3. The van der Waals surface area contributed by atoms with Crippen molar-refractivity contribution in [3.63, 3.8) is 0 Å². The first-order valence-electron chi connectivity index (χ1n) is 5.30. The Labute approximate surface area is 114 Å². The van der Waals surface area contributed by atoms with Crippen molar-refractivity contribution in [2.75, 3.05) is 26.4 Å². The Morgan fingerprint density at radius 1 is 1.39 bits per heavy atom. The van der Waals surface area contributed by atoms with Crippen molar-refractivity contribution in [3.8, 4) is 0 Å². The molecule has 8 heteroatoms. The lowest BCUT2D eigenvalue weighted by Gasteiger charge is -2.06. The third kappa shape index (κ3) is 5.14. The summed E-state index contributed by atoms with van der Waals surface area (Å²) in [7, 11) is 0. The molecule has 0 atom stereocenters. The summed E-state index contributed by atoms with van der Waals surface area (Å²) in [5.74, 6) is -0.362. The molecule has 1 rings (SSSR count). The van der Waals surface area contributed by atoms with Crippen LogP contribution in [0.5, 0.6) is 0 Å². The standard InChI is InChI=1S/C10H13Cl2N3O3/c11-8-6-7(9(12)15-14-8)10(17)13-2-1-4-18-5-3-16/h6,16H,1-5H2,(H,13,17). The van der Waals surface area contributed by atoms with E-state index in [9.17, 15) is 4.79 Å². The van der Waals surface area contributed by atoms with Crippen molar-refractivity contribution >= 4 is 29.1 Å². The number of ether oxygens (including phenoxy) is 1. The van der Waals surface area contributed by atoms with Gasteiger partial charge in [-0.25, -0.2) is 0 Å². The van der Waals surface area contributed by atoms with Crippen LogP contribution in [0.25, 0.3) is 0 Å². The first kappa shape index (κ1) is 15.1. The summed E-state index contributed by atoms with van der Waals surface area (Å²) in [5, 5.41) is 18.3. The van der Waals surface area contributed by atoms with Gasteiger partial charge in [0.15, 0.2) is 10.3 Å². The Kier molecular flexibility index (Phi) is 6.89. The number of rotatable bonds is 7. The van der Waals surface area contributed by atoms with E-state index in [1.807, 2.05) is 0 Å². The number of hydrogen-bond acceptors (Lipinski definition) is 5. The van der Waals surface area contributed by atoms with E-state index in [-0.39, 0.29) is 28.4 Å². The first-order valence-corrected chi connectivity index (χ1v) is 6.06. The number of nitrogens with one attached hydrogen (secondary N) is 1. The molecule has 0 aliphatic carbocycles. The van der Waals surface area contributed by atoms with Crippen molar-refractivity contribution in [2.24, 2.45) is 0 Å². The van der Waals surface area contributed by atoms with E-state index in [2.05, 4.69) is 15.5 Å². The minimum atomic E-state index is -0.362. The van der Waals surface area contributed by atoms with Gasteiger partial charge in [-0.05, 0) is 12.5 Å². The second kappa shape index (κ2) is 8.20. The van der Waals surface area contributed by atoms with Crippen molar-refractivity contribution < 1.29 is 14.6 Å². The Balaban J connectivity index is 2.34. The minimum absolute atomic E-state index is 0.00781. The van der Waals surface area contributed by atoms with E-state index in [1.54, 1.807) is 0 Å². The minimum Gasteiger partial charge on any atom is -0.394 e. The fourth-order valence-corrected chi connectivity index (χ4v) is 1.48. The third-order valence-corrected chi connectivity index (χ3v) is 2.41. The molecule has 1 aromatic rings. The average molecular weight is 294 g/mol. The highest BCUT2D eigenvalue weighted by Crippen LogP contribution is 2.14. The molecule has 1 heterocycles. The molecule has 6 nitrogen and oxygen atoms in total. The number of amides is 1. The third-order valence-electron chi connectivity index (χ3n) is 1.95. The lowest BCUT2D eigenvalue weighted by atomic mass is 10.3. The van der Waals surface area contributed by atoms with Crippen molar-refractivity contribution in [2.45, 2.75) is 6.42 Å². The Hall–Kier alpha value is -0.950. The van der Waals surface area contributed by atoms with Gasteiger partial charge in [0, 0.05) is 13.2 Å². The van der Waals surface area contributed by atoms with E-state index in [0.717, 1.165) is 0 Å². The highest BCUT2D eigenvalue weighted by Gasteiger charge is 2.12. The zero-order valence-corrected chi connectivity index (χ0v) is 11.0. The second-order valence-corrected chi connectivity index (χ2v) is 4.06. The lowest BCUT2D eigenvalue weighted by molar-refractivity contribution is 0.0867. The van der Waals surface area contributed by atoms with Crippen molar-refractivity contribution in [3.05, 3.63) is 21.9 Å². The molecule has 0 saturated heterocycles. The van der Waals surface area contributed by atoms with Crippen LogP contribution in [0.3, 0.4) is 0 Å². The zero-order valence-electron chi connectivity index (χ0n) is 9.53. The van der Waals surface area contributed by atoms with E-state index in [0.29, 0.717) is 26.2 Å². The fourth-order valence-electron chi connectivity index (χ4n) is 1.15. The Morgan fingerprint density at radius 3 is 2.89 bits per heavy atom. The number of aliphatic hydroxyl groups is 1. The summed E-state index contributed by atoms with van der Waals surface area (Å²) >= 11 is 11.4. The van der Waals surface area contributed by atoms with Gasteiger partial charge in [-0.2, -0.15) is 0 Å². The van der Waals surface area contributed by atoms with Gasteiger partial charge >= 0.3 is 0 Å². The summed E-state index contributed by atoms with van der Waals surface area (Å²) in [6, 6.07) is 1.36. The summed E-state index contributed by atoms with van der Waals surface area (Å²) in [5.41, 5.74) is 0.188. The quantitative estimate of drug-likeness (QED) is 0.730. The molecule has 0 bridgehead atoms. The number of nitrogens with zero attached hydrogens (tertiary/aromatic N) is 2. The maximum atomic E-state index is 11.7. The van der Waals surface area contributed by atoms with Crippen molar-refractivity contribution in [1.29, 1.82) is 0 Å². The van der Waals surface area contributed by atoms with Gasteiger partial charge in [0.25, 0.3) is 5.91 Å². The summed E-state index contributed by atoms with van der Waals surface area (Å²) in [6.45, 7) is 1.18. The predicted octanol–water partition coefficient (Wildman–Crippen LogP) is 0.912. The lowest BCUT2D eigenvalue weighted by Crippen LogP contribution is -2.26. The van der Waals surface area contributed by atoms with Crippen LogP contribution in [0.4, 0.5) is 0 Å². The zero-order chi connectivity index (χ0) is 13.4. The summed E-state index contributed by atoms with van der Waals surface area (Å²) < 4.78 is 5.04. The molecule has 0 radical (unpaired) electrons. The molecule has 0 fully saturated rings. The second-order valence-electron chi connectivity index (χ2n) is 3.32. The van der Waals surface area contributed by atoms with E-state index in [1.165, 1.54) is 6.07 Å². The van der Waals surface area contributed by atoms with E-state index in [4.69, 9.17) is 33.0 Å². The van der Waals surface area contributed by atoms with E-state index >= 15 is 0 Å². The Bertz CT molecular complexity index is 404. The van der Waals surface area contributed by atoms with Crippen LogP contribution < -0.4 is 5.32 Å². The van der Waals surface area contributed by atoms with Crippen LogP contribution in [-0.2, 0) is 4.74 Å². The van der Waals surface area contributed by atoms with Gasteiger partial charge in [0.05, 0.1) is 18.8 Å². The van der Waals surface area contributed by atoms with Crippen LogP contribution in [0, 0.1) is 0 Å². The maximum absolute atomic E-state index is 11.7. The molecule has 1 amide bonds. The topological polar surface area (TPSA) is 84.3 Å². The molecule has 100 valence electrons. The molecule has 0 spiro atoms. The van der Waals surface area contributed by atoms with Gasteiger partial charge < -0.3 is 15.2 Å². The van der Waals surface area contributed by atoms with Gasteiger partial charge in [0.2, 0.25) is 0 Å². The number of aliphatic hydroxyl groups excluding tert-OH is 1. The van der Waals surface area contributed by atoms with Crippen LogP contribution in [-0.4, -0.2) is 47.6 Å². The summed E-state index contributed by atoms with van der Waals surface area (Å²) in [6.07, 6.45) is 0.635.